The van der Waals surface area contributed by atoms with Crippen LogP contribution in [0, 0.1) is 22.7 Å². The summed E-state index contributed by atoms with van der Waals surface area (Å²) in [6.45, 7) is 2.91. The number of rotatable bonds is 54. The molecule has 670 valence electrons. The van der Waals surface area contributed by atoms with E-state index in [0.29, 0.717) is 141 Å². The Labute approximate surface area is 714 Å². The van der Waals surface area contributed by atoms with Gasteiger partial charge in [0.1, 0.15) is 17.5 Å². The lowest BCUT2D eigenvalue weighted by Crippen LogP contribution is -2.43. The van der Waals surface area contributed by atoms with E-state index < -0.39 is 92.1 Å². The summed E-state index contributed by atoms with van der Waals surface area (Å²) in [7, 11) is -4.73. The highest BCUT2D eigenvalue weighted by molar-refractivity contribution is 7.89. The van der Waals surface area contributed by atoms with E-state index in [9.17, 15) is 73.2 Å². The van der Waals surface area contributed by atoms with Crippen LogP contribution in [0.3, 0.4) is 0 Å². The zero-order chi connectivity index (χ0) is 87.9. The first-order chi connectivity index (χ1) is 57.3. The second kappa shape index (κ2) is 57.1. The molecule has 0 bridgehead atoms. The molecule has 0 radical (unpaired) electrons. The minimum atomic E-state index is -5.04. The Kier molecular flexibility index (Phi) is 49.5. The van der Waals surface area contributed by atoms with E-state index in [-0.39, 0.29) is 133 Å². The van der Waals surface area contributed by atoms with E-state index in [1.807, 2.05) is 29.6 Å². The molecule has 1 aliphatic heterocycles. The number of Topliss-reactive ketones (excluding diaryl/α,β-unsaturated/α-hetero) is 3. The molecule has 30 nitrogen and oxygen atoms in total. The third kappa shape index (κ3) is 42.4. The number of ketones is 3. The number of carbonyl (C=O) groups excluding carboxylic acids is 9. The molecule has 15 N–H and O–H groups in total. The Hall–Kier alpha value is -10.3. The lowest BCUT2D eigenvalue weighted by Gasteiger charge is -2.22. The SMILES string of the molecule is C.C.COCCOCCC(=O)CCCCCC[C@@H](NS(=O)(=O)Cc1ccccc1)C(=O)C[C@@H](Cc1cccc(CN)c1)C(=O)NCc1ccc(C(=N)N)cc1.COCCOCCC(=O)ON1C(=O)CCC1=O.N=C(N)c1ccc(CNC(=O)[C@@H](CC(=O)[C@@H](CCCCCN)NS(=O)(=O)Cc2ccccc2)Cc2cccc(CNC(=O)C(F)(F)F)c2)cc1. The van der Waals surface area contributed by atoms with Crippen LogP contribution in [0.15, 0.2) is 158 Å². The number of sulfonamides is 2. The first kappa shape index (κ1) is 106. The number of hydroxylamine groups is 2. The van der Waals surface area contributed by atoms with Gasteiger partial charge in [-0.1, -0.05) is 205 Å². The summed E-state index contributed by atoms with van der Waals surface area (Å²) in [5, 5.41) is 23.3. The van der Waals surface area contributed by atoms with Gasteiger partial charge in [-0.3, -0.25) is 49.2 Å². The number of unbranched alkanes of at least 4 members (excludes halogenated alkanes) is 5. The zero-order valence-electron chi connectivity index (χ0n) is 67.8. The van der Waals surface area contributed by atoms with E-state index in [2.05, 4.69) is 24.9 Å². The van der Waals surface area contributed by atoms with Gasteiger partial charge in [-0.25, -0.2) is 31.1 Å². The van der Waals surface area contributed by atoms with Gasteiger partial charge in [0.15, 0.2) is 11.6 Å². The number of benzene rings is 6. The number of amides is 5. The van der Waals surface area contributed by atoms with Gasteiger partial charge in [0.25, 0.3) is 11.8 Å². The second-order valence-electron chi connectivity index (χ2n) is 28.5. The minimum Gasteiger partial charge on any atom is -0.384 e. The number of nitrogens with two attached hydrogens (primary N) is 4. The van der Waals surface area contributed by atoms with Crippen molar-refractivity contribution in [3.05, 3.63) is 213 Å². The highest BCUT2D eigenvalue weighted by Gasteiger charge is 2.39. The van der Waals surface area contributed by atoms with E-state index in [1.54, 1.807) is 136 Å². The Morgan fingerprint density at radius 2 is 0.877 bits per heavy atom. The fraction of sp³-hybridized carbons (Fsp3) is 0.460. The topological polar surface area (TPSA) is 483 Å². The summed E-state index contributed by atoms with van der Waals surface area (Å²) in [6, 6.07) is 42.5. The number of nitrogens with zero attached hydrogens (tertiary/aromatic N) is 1. The maximum Gasteiger partial charge on any atom is 0.471 e. The van der Waals surface area contributed by atoms with E-state index in [1.165, 1.54) is 12.1 Å². The van der Waals surface area contributed by atoms with Crippen LogP contribution >= 0.6 is 0 Å². The van der Waals surface area contributed by atoms with Crippen LogP contribution in [0.2, 0.25) is 0 Å². The largest absolute Gasteiger partial charge is 0.471 e. The van der Waals surface area contributed by atoms with Crippen molar-refractivity contribution in [3.8, 4) is 0 Å². The normalized spacial score (nSPS) is 12.9. The average molecular weight is 1740 g/mol. The molecule has 7 rings (SSSR count). The number of alkyl halides is 3. The molecule has 0 aliphatic carbocycles. The first-order valence-electron chi connectivity index (χ1n) is 39.5. The van der Waals surface area contributed by atoms with Crippen LogP contribution in [-0.2, 0) is 138 Å². The molecule has 35 heteroatoms. The van der Waals surface area contributed by atoms with Gasteiger partial charge in [0.05, 0.1) is 69.7 Å². The molecule has 122 heavy (non-hydrogen) atoms. The molecule has 4 atom stereocenters. The molecular weight excluding hydrogens is 1620 g/mol. The number of imide groups is 1. The quantitative estimate of drug-likeness (QED) is 0.00734. The van der Waals surface area contributed by atoms with Crippen LogP contribution in [0.1, 0.15) is 173 Å². The van der Waals surface area contributed by atoms with Crippen molar-refractivity contribution in [1.29, 1.82) is 10.8 Å². The number of halogens is 3. The molecule has 6 aromatic rings. The molecule has 1 saturated heterocycles. The predicted octanol–water partition coefficient (Wildman–Crippen LogP) is 8.82. The van der Waals surface area contributed by atoms with Crippen molar-refractivity contribution in [2.75, 3.05) is 60.4 Å². The molecule has 1 aliphatic rings. The average Bonchev–Trinajstić information content (AvgIpc) is 1.01. The number of ether oxygens (including phenoxy) is 4. The standard InChI is InChI=1S/C40H55N5O7S.C35H43F3N6O5S.C10H15NO6.2CH4/c1-51-22-23-52-21-20-36(46)14-7-2-3-8-15-37(45-53(49,50)29-31-10-5-4-6-11-31)38(47)26-35(25-32-12-9-13-33(24-32)27-41)40(48)44-28-30-16-18-34(19-17-30)39(42)43;36-35(37,38)34(47)43-22-27-11-7-10-26(18-27)19-29(33(46)42-21-24-13-15-28(16-14-24)32(40)41)20-31(45)30(12-5-2-6-17-39)44-50(48,49)23-25-8-3-1-4-9-25;1-15-6-7-16-5-4-10(14)17-11-8(12)2-3-9(11)13;;/h4-6,9-13,16-19,24,35,37,45H,2-3,7-8,14-15,20-23,25-29,41H2,1H3,(H3,42,43)(H,44,48);1,3-4,7-11,13-16,18,29-30,44H,2,5-6,12,17,19-23,39H2,(H3,40,41)(H,42,46)(H,43,47);2-7H2,1H3;2*1H4/t35-,37-;29-,30-;;;/m11.../s1. The highest BCUT2D eigenvalue weighted by atomic mass is 32.2. The summed E-state index contributed by atoms with van der Waals surface area (Å²) in [4.78, 5) is 117. The monoisotopic (exact) mass is 1740 g/mol. The highest BCUT2D eigenvalue weighted by Crippen LogP contribution is 2.24. The minimum absolute atomic E-state index is 0. The van der Waals surface area contributed by atoms with Crippen LogP contribution in [-0.4, -0.2) is 165 Å². The third-order valence-corrected chi connectivity index (χ3v) is 21.5. The van der Waals surface area contributed by atoms with Crippen LogP contribution in [0.4, 0.5) is 13.2 Å². The predicted molar refractivity (Wildman–Crippen MR) is 458 cm³/mol. The Morgan fingerprint density at radius 1 is 0.475 bits per heavy atom. The molecule has 0 unspecified atom stereocenters. The number of hydrogen-bond acceptors (Lipinski definition) is 22. The van der Waals surface area contributed by atoms with Crippen molar-refractivity contribution in [1.82, 2.24) is 30.5 Å². The van der Waals surface area contributed by atoms with Crippen LogP contribution in [0.25, 0.3) is 0 Å². The van der Waals surface area contributed by atoms with Gasteiger partial charge >= 0.3 is 18.1 Å². The summed E-state index contributed by atoms with van der Waals surface area (Å²) in [6.07, 6.45) is 0.689. The maximum atomic E-state index is 14.0. The lowest BCUT2D eigenvalue weighted by molar-refractivity contribution is -0.198. The van der Waals surface area contributed by atoms with Gasteiger partial charge in [0.2, 0.25) is 31.9 Å². The number of nitrogens with one attached hydrogen (secondary N) is 7. The first-order valence-corrected chi connectivity index (χ1v) is 42.8. The van der Waals surface area contributed by atoms with Crippen molar-refractivity contribution in [2.24, 2.45) is 34.8 Å². The number of nitrogen functional groups attached to an aromatic ring is 2. The molecule has 5 amide bonds. The summed E-state index contributed by atoms with van der Waals surface area (Å²) in [5.74, 6) is -7.86. The molecule has 0 spiro atoms. The Balaban J connectivity index is 0.000000521. The van der Waals surface area contributed by atoms with Gasteiger partial charge < -0.3 is 62.7 Å². The third-order valence-electron chi connectivity index (χ3n) is 18.7. The second-order valence-corrected chi connectivity index (χ2v) is 32.0. The lowest BCUT2D eigenvalue weighted by atomic mass is 9.89. The summed E-state index contributed by atoms with van der Waals surface area (Å²) in [5.41, 5.74) is 28.8. The number of hydrogen-bond donors (Lipinski definition) is 11. The Morgan fingerprint density at radius 3 is 1.30 bits per heavy atom. The van der Waals surface area contributed by atoms with Crippen molar-refractivity contribution in [3.63, 3.8) is 0 Å². The molecule has 0 saturated carbocycles. The molecule has 1 fully saturated rings. The summed E-state index contributed by atoms with van der Waals surface area (Å²) >= 11 is 0. The summed E-state index contributed by atoms with van der Waals surface area (Å²) < 4.78 is 116. The fourth-order valence-electron chi connectivity index (χ4n) is 12.3. The van der Waals surface area contributed by atoms with Gasteiger partial charge in [-0.15, -0.1) is 5.06 Å². The van der Waals surface area contributed by atoms with Crippen LogP contribution in [0.5, 0.6) is 0 Å². The van der Waals surface area contributed by atoms with Gasteiger partial charge in [0, 0.05) is 102 Å². The van der Waals surface area contributed by atoms with Crippen molar-refractivity contribution in [2.45, 2.75) is 186 Å². The maximum absolute atomic E-state index is 14.0. The Bertz CT molecular complexity index is 4480. The van der Waals surface area contributed by atoms with E-state index in [4.69, 9.17) is 52.7 Å². The number of methoxy groups -OCH3 is 2. The molecule has 0 aromatic heterocycles. The number of carbonyl (C=O) groups is 9. The number of amidine groups is 2. The van der Waals surface area contributed by atoms with E-state index >= 15 is 0 Å². The molecule has 6 aromatic carbocycles. The van der Waals surface area contributed by atoms with Crippen molar-refractivity contribution >= 4 is 84.6 Å². The van der Waals surface area contributed by atoms with Crippen LogP contribution < -0.4 is 48.3 Å². The van der Waals surface area contributed by atoms with E-state index in [0.717, 1.165) is 23.1 Å². The zero-order valence-corrected chi connectivity index (χ0v) is 69.4. The smallest absolute Gasteiger partial charge is 0.384 e. The molecular formula is C87H121F3N12O18S2. The van der Waals surface area contributed by atoms with Gasteiger partial charge in [-0.2, -0.15) is 13.2 Å². The molecule has 1 heterocycles. The fourth-order valence-corrected chi connectivity index (χ4v) is 15.1. The van der Waals surface area contributed by atoms with Crippen molar-refractivity contribution < 1.29 is 96.9 Å². The van der Waals surface area contributed by atoms with Gasteiger partial charge in [-0.05, 0) is 89.6 Å².